The Kier molecular flexibility index (Phi) is 6.75. The van der Waals surface area contributed by atoms with Crippen molar-refractivity contribution in [2.24, 2.45) is 0 Å². The second-order valence-electron chi connectivity index (χ2n) is 6.51. The molecule has 1 heterocycles. The summed E-state index contributed by atoms with van der Waals surface area (Å²) >= 11 is 7.45. The van der Waals surface area contributed by atoms with Crippen molar-refractivity contribution in [3.8, 4) is 0 Å². The molecule has 0 fully saturated rings. The Morgan fingerprint density at radius 3 is 2.68 bits per heavy atom. The normalized spacial score (nSPS) is 12.0. The number of amides is 1. The lowest BCUT2D eigenvalue weighted by Gasteiger charge is -2.14. The third kappa shape index (κ3) is 4.94. The van der Waals surface area contributed by atoms with Gasteiger partial charge in [0.05, 0.1) is 5.25 Å². The van der Waals surface area contributed by atoms with Gasteiger partial charge in [0.1, 0.15) is 5.82 Å². The average molecular weight is 415 g/mol. The monoisotopic (exact) mass is 414 g/mol. The topological polar surface area (TPSA) is 59.8 Å². The molecule has 0 saturated heterocycles. The number of carbonyl (C=O) groups is 1. The van der Waals surface area contributed by atoms with Gasteiger partial charge in [-0.2, -0.15) is 0 Å². The molecule has 1 aromatic heterocycles. The Hall–Kier alpha value is -2.31. The second-order valence-corrected chi connectivity index (χ2v) is 8.26. The van der Waals surface area contributed by atoms with Crippen LogP contribution in [0.5, 0.6) is 0 Å². The highest BCUT2D eigenvalue weighted by molar-refractivity contribution is 8.00. The van der Waals surface area contributed by atoms with E-state index in [0.29, 0.717) is 11.4 Å². The van der Waals surface area contributed by atoms with Gasteiger partial charge in [0.15, 0.2) is 5.16 Å². The summed E-state index contributed by atoms with van der Waals surface area (Å²) in [7, 11) is 0. The van der Waals surface area contributed by atoms with Gasteiger partial charge < -0.3 is 9.88 Å². The van der Waals surface area contributed by atoms with E-state index in [2.05, 4.69) is 39.1 Å². The number of nitrogens with zero attached hydrogens (tertiary/aromatic N) is 3. The summed E-state index contributed by atoms with van der Waals surface area (Å²) < 4.78 is 2.06. The zero-order valence-electron chi connectivity index (χ0n) is 16.1. The number of hydrogen-bond donors (Lipinski definition) is 1. The first kappa shape index (κ1) is 20.4. The molecule has 0 aliphatic carbocycles. The summed E-state index contributed by atoms with van der Waals surface area (Å²) in [4.78, 5) is 12.6. The van der Waals surface area contributed by atoms with Crippen molar-refractivity contribution in [3.63, 3.8) is 0 Å². The number of anilines is 1. The fraction of sp³-hybridized carbons (Fsp3) is 0.286. The molecule has 7 heteroatoms. The molecule has 3 aromatic rings. The van der Waals surface area contributed by atoms with Gasteiger partial charge >= 0.3 is 0 Å². The smallest absolute Gasteiger partial charge is 0.237 e. The molecule has 2 aromatic carbocycles. The Bertz CT molecular complexity index is 958. The molecule has 28 heavy (non-hydrogen) atoms. The van der Waals surface area contributed by atoms with Crippen molar-refractivity contribution in [2.75, 3.05) is 5.32 Å². The Labute approximate surface area is 174 Å². The fourth-order valence-electron chi connectivity index (χ4n) is 2.81. The number of benzene rings is 2. The van der Waals surface area contributed by atoms with Crippen LogP contribution in [0.2, 0.25) is 5.02 Å². The summed E-state index contributed by atoms with van der Waals surface area (Å²) in [6.07, 6.45) is 0.713. The maximum Gasteiger partial charge on any atom is 0.237 e. The molecule has 1 N–H and O–H groups in total. The first-order chi connectivity index (χ1) is 13.5. The molecule has 5 nitrogen and oxygen atoms in total. The number of aromatic nitrogens is 3. The largest absolute Gasteiger partial charge is 0.325 e. The van der Waals surface area contributed by atoms with Crippen molar-refractivity contribution >= 4 is 35.0 Å². The van der Waals surface area contributed by atoms with Crippen LogP contribution in [0.1, 0.15) is 30.8 Å². The Balaban J connectivity index is 1.70. The molecule has 0 aliphatic heterocycles. The van der Waals surface area contributed by atoms with Crippen molar-refractivity contribution < 1.29 is 4.79 Å². The molecule has 0 saturated carbocycles. The number of halogens is 1. The minimum atomic E-state index is -0.322. The van der Waals surface area contributed by atoms with Crippen molar-refractivity contribution in [2.45, 2.75) is 44.1 Å². The van der Waals surface area contributed by atoms with Crippen LogP contribution >= 0.6 is 23.4 Å². The summed E-state index contributed by atoms with van der Waals surface area (Å²) in [6, 6.07) is 15.6. The lowest BCUT2D eigenvalue weighted by atomic mass is 10.1. The van der Waals surface area contributed by atoms with Crippen molar-refractivity contribution in [1.29, 1.82) is 0 Å². The molecule has 0 aliphatic rings. The van der Waals surface area contributed by atoms with E-state index in [1.165, 1.54) is 17.3 Å². The summed E-state index contributed by atoms with van der Waals surface area (Å²) in [5.74, 6) is 0.806. The molecule has 0 radical (unpaired) electrons. The summed E-state index contributed by atoms with van der Waals surface area (Å²) in [5, 5.41) is 12.6. The van der Waals surface area contributed by atoms with Crippen LogP contribution < -0.4 is 5.32 Å². The third-order valence-electron chi connectivity index (χ3n) is 4.42. The van der Waals surface area contributed by atoms with E-state index < -0.39 is 0 Å². The number of thioether (sulfide) groups is 1. The van der Waals surface area contributed by atoms with Crippen LogP contribution in [0.4, 0.5) is 5.69 Å². The van der Waals surface area contributed by atoms with E-state index in [-0.39, 0.29) is 11.2 Å². The summed E-state index contributed by atoms with van der Waals surface area (Å²) in [6.45, 7) is 6.61. The van der Waals surface area contributed by atoms with E-state index in [4.69, 9.17) is 11.6 Å². The van der Waals surface area contributed by atoms with Crippen LogP contribution in [0.25, 0.3) is 0 Å². The fourth-order valence-corrected chi connectivity index (χ4v) is 3.91. The number of aryl methyl sites for hydroxylation is 1. The van der Waals surface area contributed by atoms with Crippen LogP contribution in [0, 0.1) is 6.92 Å². The van der Waals surface area contributed by atoms with Crippen molar-refractivity contribution in [1.82, 2.24) is 14.8 Å². The van der Waals surface area contributed by atoms with Gasteiger partial charge in [-0.3, -0.25) is 4.79 Å². The van der Waals surface area contributed by atoms with Gasteiger partial charge in [0.25, 0.3) is 0 Å². The summed E-state index contributed by atoms with van der Waals surface area (Å²) in [5.41, 5.74) is 2.88. The standard InChI is InChI=1S/C21H23ClN4OS/c1-4-26-19(12-16-8-6-5-7-9-16)24-25-21(26)28-15(3)20(27)23-18-13-17(22)11-10-14(18)2/h5-11,13,15H,4,12H2,1-3H3,(H,23,27)/t15-/m1/s1. The lowest BCUT2D eigenvalue weighted by molar-refractivity contribution is -0.115. The number of carbonyl (C=O) groups excluding carboxylic acids is 1. The first-order valence-corrected chi connectivity index (χ1v) is 10.4. The van der Waals surface area contributed by atoms with E-state index in [9.17, 15) is 4.79 Å². The quantitative estimate of drug-likeness (QED) is 0.554. The van der Waals surface area contributed by atoms with E-state index >= 15 is 0 Å². The maximum absolute atomic E-state index is 12.6. The van der Waals surface area contributed by atoms with Crippen LogP contribution in [-0.4, -0.2) is 25.9 Å². The molecule has 0 spiro atoms. The van der Waals surface area contributed by atoms with E-state index in [1.54, 1.807) is 6.07 Å². The number of nitrogens with one attached hydrogen (secondary N) is 1. The zero-order chi connectivity index (χ0) is 20.1. The molecule has 3 rings (SSSR count). The van der Waals surface area contributed by atoms with Crippen LogP contribution in [0.3, 0.4) is 0 Å². The minimum Gasteiger partial charge on any atom is -0.325 e. The predicted octanol–water partition coefficient (Wildman–Crippen LogP) is 4.97. The van der Waals surface area contributed by atoms with Gasteiger partial charge in [-0.1, -0.05) is 59.8 Å². The zero-order valence-corrected chi connectivity index (χ0v) is 17.7. The highest BCUT2D eigenvalue weighted by Crippen LogP contribution is 2.26. The minimum absolute atomic E-state index is 0.0920. The first-order valence-electron chi connectivity index (χ1n) is 9.17. The molecular weight excluding hydrogens is 392 g/mol. The van der Waals surface area contributed by atoms with E-state index in [1.807, 2.05) is 44.2 Å². The molecule has 0 bridgehead atoms. The number of rotatable bonds is 7. The second kappa shape index (κ2) is 9.26. The van der Waals surface area contributed by atoms with Gasteiger partial charge in [0, 0.05) is 23.7 Å². The van der Waals surface area contributed by atoms with Gasteiger partial charge in [0.2, 0.25) is 5.91 Å². The SMILES string of the molecule is CCn1c(Cc2ccccc2)nnc1S[C@H](C)C(=O)Nc1cc(Cl)ccc1C. The molecule has 0 unspecified atom stereocenters. The van der Waals surface area contributed by atoms with Crippen molar-refractivity contribution in [3.05, 3.63) is 70.5 Å². The van der Waals surface area contributed by atoms with Crippen LogP contribution in [-0.2, 0) is 17.8 Å². The van der Waals surface area contributed by atoms with E-state index in [0.717, 1.165) is 28.8 Å². The van der Waals surface area contributed by atoms with Crippen LogP contribution in [0.15, 0.2) is 53.7 Å². The highest BCUT2D eigenvalue weighted by atomic mass is 35.5. The van der Waals surface area contributed by atoms with Gasteiger partial charge in [-0.05, 0) is 44.0 Å². The highest BCUT2D eigenvalue weighted by Gasteiger charge is 2.20. The Morgan fingerprint density at radius 1 is 1.21 bits per heavy atom. The lowest BCUT2D eigenvalue weighted by Crippen LogP contribution is -2.23. The van der Waals surface area contributed by atoms with Gasteiger partial charge in [-0.15, -0.1) is 10.2 Å². The molecule has 1 amide bonds. The maximum atomic E-state index is 12.6. The molecule has 1 atom stereocenters. The Morgan fingerprint density at radius 2 is 1.96 bits per heavy atom. The average Bonchev–Trinajstić information content (AvgIpc) is 3.06. The van der Waals surface area contributed by atoms with Gasteiger partial charge in [-0.25, -0.2) is 0 Å². The molecular formula is C21H23ClN4OS. The predicted molar refractivity (Wildman–Crippen MR) is 115 cm³/mol. The third-order valence-corrected chi connectivity index (χ3v) is 5.74. The number of hydrogen-bond acceptors (Lipinski definition) is 4. The molecule has 146 valence electrons.